The van der Waals surface area contributed by atoms with E-state index in [9.17, 15) is 21.9 Å². The molecule has 0 spiro atoms. The molecule has 0 amide bonds. The minimum atomic E-state index is -4.21. The molecule has 3 N–H and O–H groups in total. The lowest BCUT2D eigenvalue weighted by atomic mass is 10.3. The van der Waals surface area contributed by atoms with Crippen molar-refractivity contribution in [1.29, 1.82) is 0 Å². The van der Waals surface area contributed by atoms with Gasteiger partial charge in [-0.3, -0.25) is 0 Å². The maximum atomic E-state index is 11.9. The number of benzene rings is 1. The molecular formula is C9H13NO5S2. The zero-order valence-corrected chi connectivity index (χ0v) is 10.9. The zero-order chi connectivity index (χ0) is 13.4. The lowest BCUT2D eigenvalue weighted by molar-refractivity contribution is 0.453. The van der Waals surface area contributed by atoms with Gasteiger partial charge in [0.25, 0.3) is 0 Å². The SMILES string of the molecule is CC(C)S(=O)(=O)c1c(O)cccc1S(N)(=O)=O. The number of sulfone groups is 1. The molecule has 6 nitrogen and oxygen atoms in total. The molecule has 0 aliphatic heterocycles. The summed E-state index contributed by atoms with van der Waals surface area (Å²) >= 11 is 0. The summed E-state index contributed by atoms with van der Waals surface area (Å²) < 4.78 is 46.4. The second-order valence-corrected chi connectivity index (χ2v) is 7.71. The molecular weight excluding hydrogens is 266 g/mol. The number of nitrogens with two attached hydrogens (primary N) is 1. The van der Waals surface area contributed by atoms with Gasteiger partial charge in [0.1, 0.15) is 15.5 Å². The first-order valence-corrected chi connectivity index (χ1v) is 7.76. The maximum absolute atomic E-state index is 11.9. The van der Waals surface area contributed by atoms with Crippen molar-refractivity contribution in [2.24, 2.45) is 5.14 Å². The molecule has 0 saturated carbocycles. The van der Waals surface area contributed by atoms with Gasteiger partial charge in [-0.2, -0.15) is 0 Å². The highest BCUT2D eigenvalue weighted by Crippen LogP contribution is 2.31. The van der Waals surface area contributed by atoms with Gasteiger partial charge in [-0.05, 0) is 26.0 Å². The van der Waals surface area contributed by atoms with Crippen molar-refractivity contribution in [3.8, 4) is 5.75 Å². The number of rotatable bonds is 3. The van der Waals surface area contributed by atoms with Crippen LogP contribution in [0.1, 0.15) is 13.8 Å². The fourth-order valence-electron chi connectivity index (χ4n) is 1.25. The van der Waals surface area contributed by atoms with E-state index < -0.39 is 40.7 Å². The number of primary sulfonamides is 1. The molecule has 0 atom stereocenters. The number of phenols is 1. The van der Waals surface area contributed by atoms with Crippen LogP contribution in [0.2, 0.25) is 0 Å². The van der Waals surface area contributed by atoms with Crippen LogP contribution >= 0.6 is 0 Å². The molecule has 0 radical (unpaired) electrons. The highest BCUT2D eigenvalue weighted by atomic mass is 32.2. The molecule has 0 unspecified atom stereocenters. The summed E-state index contributed by atoms with van der Waals surface area (Å²) in [7, 11) is -8.14. The van der Waals surface area contributed by atoms with E-state index >= 15 is 0 Å². The van der Waals surface area contributed by atoms with E-state index in [4.69, 9.17) is 5.14 Å². The average molecular weight is 279 g/mol. The van der Waals surface area contributed by atoms with E-state index in [2.05, 4.69) is 0 Å². The van der Waals surface area contributed by atoms with Crippen LogP contribution in [0.3, 0.4) is 0 Å². The summed E-state index contributed by atoms with van der Waals surface area (Å²) in [6, 6.07) is 3.36. The molecule has 0 aliphatic rings. The van der Waals surface area contributed by atoms with E-state index in [1.54, 1.807) is 0 Å². The van der Waals surface area contributed by atoms with Crippen LogP contribution in [-0.2, 0) is 19.9 Å². The molecule has 0 heterocycles. The summed E-state index contributed by atoms with van der Waals surface area (Å²) in [5.74, 6) is -0.620. The Bertz CT molecular complexity index is 631. The Morgan fingerprint density at radius 2 is 1.71 bits per heavy atom. The molecule has 0 aromatic heterocycles. The van der Waals surface area contributed by atoms with E-state index in [1.807, 2.05) is 0 Å². The Kier molecular flexibility index (Phi) is 3.51. The van der Waals surface area contributed by atoms with E-state index in [-0.39, 0.29) is 0 Å². The van der Waals surface area contributed by atoms with Gasteiger partial charge in [0.05, 0.1) is 5.25 Å². The van der Waals surface area contributed by atoms with E-state index in [0.717, 1.165) is 12.1 Å². The smallest absolute Gasteiger partial charge is 0.239 e. The normalized spacial score (nSPS) is 12.9. The Morgan fingerprint density at radius 3 is 2.12 bits per heavy atom. The lowest BCUT2D eigenvalue weighted by Crippen LogP contribution is -2.21. The molecule has 1 rings (SSSR count). The van der Waals surface area contributed by atoms with Crippen LogP contribution in [0, 0.1) is 0 Å². The van der Waals surface area contributed by atoms with Crippen LogP contribution in [0.15, 0.2) is 28.0 Å². The second-order valence-electron chi connectivity index (χ2n) is 3.74. The van der Waals surface area contributed by atoms with Gasteiger partial charge in [-0.1, -0.05) is 6.07 Å². The van der Waals surface area contributed by atoms with Crippen molar-refractivity contribution in [3.63, 3.8) is 0 Å². The monoisotopic (exact) mass is 279 g/mol. The Balaban J connectivity index is 3.77. The molecule has 0 fully saturated rings. The molecule has 8 heteroatoms. The van der Waals surface area contributed by atoms with Crippen LogP contribution in [-0.4, -0.2) is 27.2 Å². The highest BCUT2D eigenvalue weighted by Gasteiger charge is 2.30. The van der Waals surface area contributed by atoms with Crippen LogP contribution in [0.4, 0.5) is 0 Å². The third kappa shape index (κ3) is 2.59. The fraction of sp³-hybridized carbons (Fsp3) is 0.333. The first-order valence-electron chi connectivity index (χ1n) is 4.67. The summed E-state index contributed by atoms with van der Waals surface area (Å²) in [4.78, 5) is -1.23. The third-order valence-corrected chi connectivity index (χ3v) is 5.49. The quantitative estimate of drug-likeness (QED) is 0.821. The van der Waals surface area contributed by atoms with Crippen molar-refractivity contribution in [2.45, 2.75) is 28.9 Å². The summed E-state index contributed by atoms with van der Waals surface area (Å²) in [6.45, 7) is 2.77. The van der Waals surface area contributed by atoms with E-state index in [1.165, 1.54) is 19.9 Å². The predicted molar refractivity (Wildman–Crippen MR) is 61.8 cm³/mol. The Morgan fingerprint density at radius 1 is 1.18 bits per heavy atom. The van der Waals surface area contributed by atoms with Crippen LogP contribution < -0.4 is 5.14 Å². The first kappa shape index (κ1) is 13.9. The van der Waals surface area contributed by atoms with Gasteiger partial charge < -0.3 is 5.11 Å². The average Bonchev–Trinajstić information content (AvgIpc) is 2.15. The molecule has 17 heavy (non-hydrogen) atoms. The Labute approximate surface area is 100 Å². The maximum Gasteiger partial charge on any atom is 0.239 e. The van der Waals surface area contributed by atoms with Crippen molar-refractivity contribution in [3.05, 3.63) is 18.2 Å². The largest absolute Gasteiger partial charge is 0.507 e. The van der Waals surface area contributed by atoms with Crippen molar-refractivity contribution in [2.75, 3.05) is 0 Å². The summed E-state index contributed by atoms with van der Waals surface area (Å²) in [6.07, 6.45) is 0. The highest BCUT2D eigenvalue weighted by molar-refractivity contribution is 7.94. The van der Waals surface area contributed by atoms with Gasteiger partial charge in [0.2, 0.25) is 10.0 Å². The standard InChI is InChI=1S/C9H13NO5S2/c1-6(2)16(12,13)9-7(11)4-3-5-8(9)17(10,14)15/h3-6,11H,1-2H3,(H2,10,14,15). The van der Waals surface area contributed by atoms with E-state index in [0.29, 0.717) is 0 Å². The number of aromatic hydroxyl groups is 1. The van der Waals surface area contributed by atoms with Crippen LogP contribution in [0.5, 0.6) is 5.75 Å². The molecule has 0 aliphatic carbocycles. The number of hydrogen-bond donors (Lipinski definition) is 2. The number of hydrogen-bond acceptors (Lipinski definition) is 5. The van der Waals surface area contributed by atoms with Crippen molar-refractivity contribution >= 4 is 19.9 Å². The summed E-state index contributed by atoms with van der Waals surface area (Å²) in [5, 5.41) is 13.6. The number of sulfonamides is 1. The van der Waals surface area contributed by atoms with Crippen molar-refractivity contribution in [1.82, 2.24) is 0 Å². The predicted octanol–water partition coefficient (Wildman–Crippen LogP) is 0.222. The summed E-state index contributed by atoms with van der Waals surface area (Å²) in [5.41, 5.74) is 0. The molecule has 1 aromatic rings. The molecule has 0 bridgehead atoms. The van der Waals surface area contributed by atoms with Gasteiger partial charge in [0, 0.05) is 0 Å². The van der Waals surface area contributed by atoms with Crippen molar-refractivity contribution < 1.29 is 21.9 Å². The number of phenolic OH excluding ortho intramolecular Hbond substituents is 1. The minimum Gasteiger partial charge on any atom is -0.507 e. The molecule has 0 saturated heterocycles. The molecule has 1 aromatic carbocycles. The molecule has 96 valence electrons. The lowest BCUT2D eigenvalue weighted by Gasteiger charge is -2.12. The van der Waals surface area contributed by atoms with Gasteiger partial charge >= 0.3 is 0 Å². The second kappa shape index (κ2) is 4.28. The third-order valence-electron chi connectivity index (χ3n) is 2.17. The van der Waals surface area contributed by atoms with Gasteiger partial charge in [-0.25, -0.2) is 22.0 Å². The minimum absolute atomic E-state index is 0.591. The van der Waals surface area contributed by atoms with Gasteiger partial charge in [-0.15, -0.1) is 0 Å². The van der Waals surface area contributed by atoms with Crippen LogP contribution in [0.25, 0.3) is 0 Å². The fourth-order valence-corrected chi connectivity index (χ4v) is 3.76. The first-order chi connectivity index (χ1) is 7.58. The van der Waals surface area contributed by atoms with Gasteiger partial charge in [0.15, 0.2) is 9.84 Å². The Hall–Kier alpha value is -1.12. The zero-order valence-electron chi connectivity index (χ0n) is 9.28. The topological polar surface area (TPSA) is 115 Å².